The van der Waals surface area contributed by atoms with Gasteiger partial charge in [0.2, 0.25) is 5.43 Å². The van der Waals surface area contributed by atoms with Crippen molar-refractivity contribution in [2.75, 3.05) is 25.0 Å². The number of hydrogen-bond donors (Lipinski definition) is 2. The number of benzene rings is 1. The minimum absolute atomic E-state index is 0.0140. The van der Waals surface area contributed by atoms with Crippen molar-refractivity contribution < 1.29 is 19.0 Å². The van der Waals surface area contributed by atoms with Gasteiger partial charge >= 0.3 is 6.16 Å². The van der Waals surface area contributed by atoms with E-state index in [1.807, 2.05) is 11.9 Å². The lowest BCUT2D eigenvalue weighted by molar-refractivity contribution is 0.143. The number of nitrogens with zero attached hydrogens (tertiary/aromatic N) is 2. The highest BCUT2D eigenvalue weighted by molar-refractivity contribution is 6.42. The highest BCUT2D eigenvalue weighted by Crippen LogP contribution is 2.47. The molecule has 2 aromatic rings. The molecule has 1 aliphatic heterocycles. The fourth-order valence-corrected chi connectivity index (χ4v) is 5.79. The molecular formula is C22H22Cl2FN3O4. The molecule has 1 aromatic carbocycles. The number of allylic oxidation sites excluding steroid dienone is 1. The van der Waals surface area contributed by atoms with Gasteiger partial charge in [-0.2, -0.15) is 0 Å². The zero-order chi connectivity index (χ0) is 22.7. The van der Waals surface area contributed by atoms with Crippen molar-refractivity contribution in [3.8, 4) is 5.75 Å². The third kappa shape index (κ3) is 3.36. The van der Waals surface area contributed by atoms with E-state index in [4.69, 9.17) is 28.3 Å². The molecule has 2 aliphatic carbocycles. The van der Waals surface area contributed by atoms with Gasteiger partial charge in [-0.3, -0.25) is 4.79 Å². The van der Waals surface area contributed by atoms with E-state index in [0.717, 1.165) is 19.3 Å². The summed E-state index contributed by atoms with van der Waals surface area (Å²) in [4.78, 5) is 25.9. The maximum absolute atomic E-state index is 15.6. The highest BCUT2D eigenvalue weighted by Gasteiger charge is 2.40. The van der Waals surface area contributed by atoms with Crippen LogP contribution >= 0.6 is 23.2 Å². The van der Waals surface area contributed by atoms with Crippen LogP contribution in [0.4, 0.5) is 14.9 Å². The SMILES string of the molecule is CNC1C=CCC2CN(c3c(F)c(Cl)c4c(=O)c(OC(=O)O)cn(C5CC5)c4c3Cl)CC21. The van der Waals surface area contributed by atoms with Gasteiger partial charge in [0, 0.05) is 31.1 Å². The number of rotatable bonds is 4. The lowest BCUT2D eigenvalue weighted by Crippen LogP contribution is -2.38. The summed E-state index contributed by atoms with van der Waals surface area (Å²) in [7, 11) is 1.91. The molecule has 7 nitrogen and oxygen atoms in total. The molecular weight excluding hydrogens is 460 g/mol. The molecule has 0 spiro atoms. The van der Waals surface area contributed by atoms with Crippen molar-refractivity contribution in [3.05, 3.63) is 44.4 Å². The quantitative estimate of drug-likeness (QED) is 0.381. The summed E-state index contributed by atoms with van der Waals surface area (Å²) in [5.74, 6) is -0.549. The third-order valence-electron chi connectivity index (χ3n) is 6.76. The predicted molar refractivity (Wildman–Crippen MR) is 121 cm³/mol. The Bertz CT molecular complexity index is 1210. The van der Waals surface area contributed by atoms with Gasteiger partial charge in [0.1, 0.15) is 0 Å². The summed E-state index contributed by atoms with van der Waals surface area (Å²) >= 11 is 13.2. The maximum Gasteiger partial charge on any atom is 0.511 e. The van der Waals surface area contributed by atoms with Crippen molar-refractivity contribution in [2.45, 2.75) is 31.3 Å². The Kier molecular flexibility index (Phi) is 5.34. The van der Waals surface area contributed by atoms with Crippen molar-refractivity contribution in [2.24, 2.45) is 11.8 Å². The van der Waals surface area contributed by atoms with Gasteiger partial charge in [-0.1, -0.05) is 35.4 Å². The zero-order valence-electron chi connectivity index (χ0n) is 17.3. The molecule has 32 heavy (non-hydrogen) atoms. The van der Waals surface area contributed by atoms with E-state index in [-0.39, 0.29) is 33.2 Å². The van der Waals surface area contributed by atoms with Crippen LogP contribution in [0, 0.1) is 17.7 Å². The number of aromatic nitrogens is 1. The summed E-state index contributed by atoms with van der Waals surface area (Å²) in [6.07, 6.45) is 6.56. The molecule has 0 radical (unpaired) electrons. The van der Waals surface area contributed by atoms with Crippen LogP contribution in [0.1, 0.15) is 25.3 Å². The predicted octanol–water partition coefficient (Wildman–Crippen LogP) is 4.44. The summed E-state index contributed by atoms with van der Waals surface area (Å²) in [5, 5.41) is 11.9. The largest absolute Gasteiger partial charge is 0.511 e. The molecule has 5 rings (SSSR count). The first-order chi connectivity index (χ1) is 15.3. The Balaban J connectivity index is 1.69. The third-order valence-corrected chi connectivity index (χ3v) is 7.47. The highest BCUT2D eigenvalue weighted by atomic mass is 35.5. The second-order valence-electron chi connectivity index (χ2n) is 8.65. The number of anilines is 1. The molecule has 3 unspecified atom stereocenters. The molecule has 2 heterocycles. The van der Waals surface area contributed by atoms with Crippen LogP contribution in [-0.4, -0.2) is 42.0 Å². The van der Waals surface area contributed by atoms with E-state index in [2.05, 4.69) is 22.2 Å². The van der Waals surface area contributed by atoms with Crippen LogP contribution in [0.5, 0.6) is 5.75 Å². The molecule has 10 heteroatoms. The van der Waals surface area contributed by atoms with Crippen LogP contribution in [0.2, 0.25) is 10.0 Å². The van der Waals surface area contributed by atoms with Gasteiger partial charge in [0.25, 0.3) is 0 Å². The van der Waals surface area contributed by atoms with Gasteiger partial charge in [0.05, 0.1) is 32.8 Å². The number of hydrogen-bond acceptors (Lipinski definition) is 5. The van der Waals surface area contributed by atoms with Crippen LogP contribution in [0.15, 0.2) is 23.1 Å². The molecule has 1 aromatic heterocycles. The first-order valence-electron chi connectivity index (χ1n) is 10.6. The standard InChI is InChI=1S/C22H22Cl2FN3O4/c1-26-13-4-2-3-10-7-27(8-12(10)13)20-17(24)19-15(16(23)18(20)25)21(29)14(32-22(30)31)9-28(19)11-5-6-11/h2,4,9-13,26H,3,5-8H2,1H3,(H,30,31). The van der Waals surface area contributed by atoms with Crippen molar-refractivity contribution in [3.63, 3.8) is 0 Å². The van der Waals surface area contributed by atoms with Crippen molar-refractivity contribution >= 4 is 45.9 Å². The van der Waals surface area contributed by atoms with Crippen LogP contribution in [-0.2, 0) is 0 Å². The number of nitrogens with one attached hydrogen (secondary N) is 1. The molecule has 2 N–H and O–H groups in total. The topological polar surface area (TPSA) is 83.8 Å². The monoisotopic (exact) mass is 481 g/mol. The average Bonchev–Trinajstić information content (AvgIpc) is 3.51. The number of ether oxygens (including phenoxy) is 1. The van der Waals surface area contributed by atoms with E-state index in [1.165, 1.54) is 6.20 Å². The van der Waals surface area contributed by atoms with Gasteiger partial charge in [-0.15, -0.1) is 0 Å². The minimum Gasteiger partial charge on any atom is -0.449 e. The molecule has 1 saturated heterocycles. The Morgan fingerprint density at radius 1 is 1.28 bits per heavy atom. The zero-order valence-corrected chi connectivity index (χ0v) is 18.8. The van der Waals surface area contributed by atoms with Gasteiger partial charge in [0.15, 0.2) is 11.6 Å². The normalized spacial score (nSPS) is 24.8. The lowest BCUT2D eigenvalue weighted by atomic mass is 9.82. The Morgan fingerprint density at radius 2 is 2.03 bits per heavy atom. The number of carboxylic acid groups (broad SMARTS) is 1. The van der Waals surface area contributed by atoms with Crippen molar-refractivity contribution in [1.29, 1.82) is 0 Å². The molecule has 170 valence electrons. The lowest BCUT2D eigenvalue weighted by Gasteiger charge is -2.28. The Morgan fingerprint density at radius 3 is 2.69 bits per heavy atom. The summed E-state index contributed by atoms with van der Waals surface area (Å²) in [6.45, 7) is 1.23. The van der Waals surface area contributed by atoms with Gasteiger partial charge in [-0.05, 0) is 32.2 Å². The Hall–Kier alpha value is -2.29. The van der Waals surface area contributed by atoms with Crippen molar-refractivity contribution in [1.82, 2.24) is 9.88 Å². The fraction of sp³-hybridized carbons (Fsp3) is 0.455. The number of fused-ring (bicyclic) bond motifs is 2. The molecule has 3 atom stereocenters. The average molecular weight is 482 g/mol. The molecule has 0 bridgehead atoms. The Labute approximate surface area is 193 Å². The smallest absolute Gasteiger partial charge is 0.449 e. The minimum atomic E-state index is -1.63. The summed E-state index contributed by atoms with van der Waals surface area (Å²) in [5.41, 5.74) is -0.295. The fourth-order valence-electron chi connectivity index (χ4n) is 5.13. The molecule has 3 aliphatic rings. The van der Waals surface area contributed by atoms with Crippen LogP contribution in [0.25, 0.3) is 10.9 Å². The second-order valence-corrected chi connectivity index (χ2v) is 9.41. The molecule has 1 saturated carbocycles. The van der Waals surface area contributed by atoms with E-state index >= 15 is 4.39 Å². The van der Waals surface area contributed by atoms with E-state index in [9.17, 15) is 9.59 Å². The van der Waals surface area contributed by atoms with Crippen LogP contribution in [0.3, 0.4) is 0 Å². The number of likely N-dealkylation sites (N-methyl/N-ethyl adjacent to an activating group) is 1. The number of halogens is 3. The molecule has 0 amide bonds. The van der Waals surface area contributed by atoms with E-state index in [0.29, 0.717) is 30.4 Å². The van der Waals surface area contributed by atoms with E-state index in [1.54, 1.807) is 4.57 Å². The number of carbonyl (C=O) groups is 1. The van der Waals surface area contributed by atoms with Gasteiger partial charge < -0.3 is 24.6 Å². The first-order valence-corrected chi connectivity index (χ1v) is 11.3. The second kappa shape index (κ2) is 7.93. The number of pyridine rings is 1. The van der Waals surface area contributed by atoms with Crippen LogP contribution < -0.4 is 20.4 Å². The van der Waals surface area contributed by atoms with Gasteiger partial charge in [-0.25, -0.2) is 9.18 Å². The van der Waals surface area contributed by atoms with E-state index < -0.39 is 23.2 Å². The summed E-state index contributed by atoms with van der Waals surface area (Å²) in [6, 6.07) is 0.206. The first kappa shape index (κ1) is 21.6. The maximum atomic E-state index is 15.6. The summed E-state index contributed by atoms with van der Waals surface area (Å²) < 4.78 is 22.0. The molecule has 2 fully saturated rings.